The molecule has 24 heavy (non-hydrogen) atoms. The van der Waals surface area contributed by atoms with E-state index in [1.54, 1.807) is 0 Å². The second-order valence-corrected chi connectivity index (χ2v) is 4.43. The summed E-state index contributed by atoms with van der Waals surface area (Å²) in [5.74, 6) is -12.3. The lowest BCUT2D eigenvalue weighted by Crippen LogP contribution is -2.28. The minimum absolute atomic E-state index is 1.11. The van der Waals surface area contributed by atoms with Gasteiger partial charge in [0.05, 0.1) is 21.2 Å². The van der Waals surface area contributed by atoms with E-state index >= 15 is 0 Å². The summed E-state index contributed by atoms with van der Waals surface area (Å²) < 4.78 is 84.5. The lowest BCUT2D eigenvalue weighted by Gasteiger charge is -2.09. The second-order valence-electron chi connectivity index (χ2n) is 4.43. The van der Waals surface area contributed by atoms with Crippen molar-refractivity contribution in [3.8, 4) is 12.1 Å². The van der Waals surface area contributed by atoms with Gasteiger partial charge in [0.25, 0.3) is 0 Å². The van der Waals surface area contributed by atoms with Crippen molar-refractivity contribution in [1.29, 1.82) is 10.5 Å². The third kappa shape index (κ3) is 2.08. The third-order valence-electron chi connectivity index (χ3n) is 3.17. The van der Waals surface area contributed by atoms with Crippen LogP contribution in [0.25, 0.3) is 22.2 Å². The molecule has 10 heteroatoms. The van der Waals surface area contributed by atoms with Crippen LogP contribution in [0.3, 0.4) is 0 Å². The normalized spacial score (nSPS) is 13.3. The molecule has 0 bridgehead atoms. The minimum atomic E-state index is -2.12. The highest BCUT2D eigenvalue weighted by Crippen LogP contribution is 2.26. The van der Waals surface area contributed by atoms with Crippen LogP contribution >= 0.6 is 0 Å². The molecule has 0 aliphatic rings. The second kappa shape index (κ2) is 5.66. The van der Waals surface area contributed by atoms with E-state index in [0.717, 1.165) is 12.1 Å². The molecule has 0 saturated carbocycles. The first-order chi connectivity index (χ1) is 11.2. The van der Waals surface area contributed by atoms with Gasteiger partial charge in [0.15, 0.2) is 23.3 Å². The van der Waals surface area contributed by atoms with Crippen LogP contribution in [0.4, 0.5) is 26.3 Å². The van der Waals surface area contributed by atoms with E-state index in [0.29, 0.717) is 0 Å². The molecular weight excluding hydrogens is 338 g/mol. The molecule has 0 aliphatic heterocycles. The zero-order chi connectivity index (χ0) is 18.3. The molecule has 0 aromatic heterocycles. The van der Waals surface area contributed by atoms with Crippen LogP contribution in [-0.4, -0.2) is 0 Å². The standard InChI is InChI=1S/C14H4F6N4/c15-9-5(3(23)1-21)11(17)13(19)8-7(9)14(20)12(18)6(10(8)16)4(24)2-22/h23-24H2/b5-3-,6-4-. The van der Waals surface area contributed by atoms with Crippen molar-refractivity contribution in [1.82, 2.24) is 0 Å². The fourth-order valence-corrected chi connectivity index (χ4v) is 2.10. The fourth-order valence-electron chi connectivity index (χ4n) is 2.10. The monoisotopic (exact) mass is 342 g/mol. The first-order valence-electron chi connectivity index (χ1n) is 5.91. The number of hydrogen-bond acceptors (Lipinski definition) is 4. The largest absolute Gasteiger partial charge is 0.390 e. The Labute approximate surface area is 129 Å². The third-order valence-corrected chi connectivity index (χ3v) is 3.17. The van der Waals surface area contributed by atoms with Gasteiger partial charge >= 0.3 is 0 Å². The van der Waals surface area contributed by atoms with E-state index in [2.05, 4.69) is 0 Å². The number of hydrogen-bond donors (Lipinski definition) is 2. The summed E-state index contributed by atoms with van der Waals surface area (Å²) in [6, 6.07) is 2.23. The van der Waals surface area contributed by atoms with Crippen LogP contribution in [0.2, 0.25) is 0 Å². The van der Waals surface area contributed by atoms with Crippen molar-refractivity contribution in [3.63, 3.8) is 0 Å². The summed E-state index contributed by atoms with van der Waals surface area (Å²) in [6.07, 6.45) is 0. The molecule has 0 saturated heterocycles. The summed E-state index contributed by atoms with van der Waals surface area (Å²) in [7, 11) is 0. The van der Waals surface area contributed by atoms with Crippen LogP contribution < -0.4 is 21.9 Å². The Morgan fingerprint density at radius 1 is 0.583 bits per heavy atom. The van der Waals surface area contributed by atoms with Gasteiger partial charge < -0.3 is 11.5 Å². The molecule has 0 heterocycles. The molecule has 2 rings (SSSR count). The van der Waals surface area contributed by atoms with Gasteiger partial charge in [0.1, 0.15) is 35.2 Å². The van der Waals surface area contributed by atoms with Gasteiger partial charge in [-0.3, -0.25) is 0 Å². The predicted molar refractivity (Wildman–Crippen MR) is 69.4 cm³/mol. The number of fused-ring (bicyclic) bond motifs is 1. The smallest absolute Gasteiger partial charge is 0.172 e. The quantitative estimate of drug-likeness (QED) is 0.548. The molecular formula is C14H4F6N4. The molecule has 0 amide bonds. The van der Waals surface area contributed by atoms with Crippen molar-refractivity contribution < 1.29 is 26.3 Å². The van der Waals surface area contributed by atoms with Crippen molar-refractivity contribution >= 4 is 22.2 Å². The maximum atomic E-state index is 14.2. The number of halogens is 6. The number of benzene rings is 2. The van der Waals surface area contributed by atoms with Gasteiger partial charge in [-0.2, -0.15) is 10.5 Å². The maximum Gasteiger partial charge on any atom is 0.172 e. The molecule has 0 unspecified atom stereocenters. The Bertz CT molecular complexity index is 1020. The Kier molecular flexibility index (Phi) is 4.00. The average molecular weight is 342 g/mol. The Morgan fingerprint density at radius 3 is 1.12 bits per heavy atom. The van der Waals surface area contributed by atoms with Crippen LogP contribution in [0.1, 0.15) is 0 Å². The first-order valence-corrected chi connectivity index (χ1v) is 5.91. The fraction of sp³-hybridized carbons (Fsp3) is 0. The summed E-state index contributed by atoms with van der Waals surface area (Å²) in [5.41, 5.74) is 7.69. The molecule has 4 N–H and O–H groups in total. The van der Waals surface area contributed by atoms with Crippen molar-refractivity contribution in [2.75, 3.05) is 0 Å². The van der Waals surface area contributed by atoms with E-state index in [4.69, 9.17) is 22.0 Å². The zero-order valence-electron chi connectivity index (χ0n) is 11.3. The van der Waals surface area contributed by atoms with Crippen LogP contribution in [0.5, 0.6) is 0 Å². The zero-order valence-corrected chi connectivity index (χ0v) is 11.3. The molecule has 122 valence electrons. The van der Waals surface area contributed by atoms with E-state index < -0.39 is 67.5 Å². The summed E-state index contributed by atoms with van der Waals surface area (Å²) >= 11 is 0. The predicted octanol–water partition coefficient (Wildman–Crippen LogP) is 0.855. The topological polar surface area (TPSA) is 99.6 Å². The first kappa shape index (κ1) is 17.0. The number of nitrogens with two attached hydrogens (primary N) is 2. The minimum Gasteiger partial charge on any atom is -0.390 e. The van der Waals surface area contributed by atoms with Gasteiger partial charge in [-0.15, -0.1) is 0 Å². The van der Waals surface area contributed by atoms with E-state index in [1.165, 1.54) is 0 Å². The SMILES string of the molecule is N#C/C(N)=c1/c(F)c(F)c2c(F)/c(=C(/N)C#N)c(F)c(F)c2c1F. The molecule has 0 fully saturated rings. The summed E-state index contributed by atoms with van der Waals surface area (Å²) in [4.78, 5) is 0. The molecule has 0 atom stereocenters. The van der Waals surface area contributed by atoms with E-state index in [9.17, 15) is 26.3 Å². The molecule has 2 aromatic rings. The number of rotatable bonds is 0. The molecule has 0 radical (unpaired) electrons. The number of nitrogens with zero attached hydrogens (tertiary/aromatic N) is 2. The highest BCUT2D eigenvalue weighted by molar-refractivity contribution is 5.87. The highest BCUT2D eigenvalue weighted by Gasteiger charge is 2.27. The summed E-state index contributed by atoms with van der Waals surface area (Å²) in [5, 5.41) is 11.0. The molecule has 0 spiro atoms. The van der Waals surface area contributed by atoms with Gasteiger partial charge in [-0.05, 0) is 0 Å². The van der Waals surface area contributed by atoms with Crippen molar-refractivity contribution in [3.05, 3.63) is 45.3 Å². The Hall–Kier alpha value is -3.40. The van der Waals surface area contributed by atoms with Crippen LogP contribution in [-0.2, 0) is 0 Å². The van der Waals surface area contributed by atoms with Gasteiger partial charge in [-0.1, -0.05) is 0 Å². The van der Waals surface area contributed by atoms with E-state index in [-0.39, 0.29) is 0 Å². The van der Waals surface area contributed by atoms with Gasteiger partial charge in [-0.25, -0.2) is 26.3 Å². The van der Waals surface area contributed by atoms with Crippen LogP contribution in [0.15, 0.2) is 0 Å². The molecule has 0 aliphatic carbocycles. The van der Waals surface area contributed by atoms with Crippen molar-refractivity contribution in [2.24, 2.45) is 11.5 Å². The average Bonchev–Trinajstić information content (AvgIpc) is 2.55. The highest BCUT2D eigenvalue weighted by atomic mass is 19.2. The molecule has 2 aromatic carbocycles. The molecule has 4 nitrogen and oxygen atoms in total. The Morgan fingerprint density at radius 2 is 0.875 bits per heavy atom. The summed E-state index contributed by atoms with van der Waals surface area (Å²) in [6.45, 7) is 0. The van der Waals surface area contributed by atoms with Crippen LogP contribution in [0, 0.1) is 57.6 Å². The lowest BCUT2D eigenvalue weighted by molar-refractivity contribution is 0.470. The van der Waals surface area contributed by atoms with Gasteiger partial charge in [0, 0.05) is 0 Å². The van der Waals surface area contributed by atoms with E-state index in [1.807, 2.05) is 0 Å². The van der Waals surface area contributed by atoms with Crippen molar-refractivity contribution in [2.45, 2.75) is 0 Å². The Balaban J connectivity index is 3.43. The maximum absolute atomic E-state index is 14.2. The lowest BCUT2D eigenvalue weighted by atomic mass is 10.0. The number of nitriles is 2. The van der Waals surface area contributed by atoms with Gasteiger partial charge in [0.2, 0.25) is 0 Å².